The molecule has 90 valence electrons. The Bertz CT molecular complexity index is 508. The number of aromatic nitrogens is 2. The molecule has 2 rings (SSSR count). The third kappa shape index (κ3) is 2.09. The third-order valence-corrected chi connectivity index (χ3v) is 2.51. The van der Waals surface area contributed by atoms with Crippen molar-refractivity contribution >= 4 is 0 Å². The number of nitrogens with zero attached hydrogens (tertiary/aromatic N) is 2. The lowest BCUT2D eigenvalue weighted by molar-refractivity contribution is 0.378. The highest BCUT2D eigenvalue weighted by atomic mass is 16.5. The summed E-state index contributed by atoms with van der Waals surface area (Å²) in [5, 5.41) is 4.26. The van der Waals surface area contributed by atoms with Gasteiger partial charge in [-0.3, -0.25) is 0 Å². The molecule has 2 aromatic rings. The van der Waals surface area contributed by atoms with Gasteiger partial charge in [-0.25, -0.2) is 4.68 Å². The second-order valence-electron chi connectivity index (χ2n) is 3.50. The Morgan fingerprint density at radius 2 is 2.12 bits per heavy atom. The van der Waals surface area contributed by atoms with Crippen LogP contribution in [0.15, 0.2) is 30.5 Å². The van der Waals surface area contributed by atoms with Crippen molar-refractivity contribution in [3.8, 4) is 17.3 Å². The van der Waals surface area contributed by atoms with Gasteiger partial charge in [0.25, 0.3) is 0 Å². The number of hydrogen-bond donors (Lipinski definition) is 1. The molecule has 17 heavy (non-hydrogen) atoms. The molecule has 5 heteroatoms. The number of ether oxygens (including phenoxy) is 2. The van der Waals surface area contributed by atoms with Gasteiger partial charge in [0.1, 0.15) is 5.75 Å². The van der Waals surface area contributed by atoms with Crippen molar-refractivity contribution in [2.24, 2.45) is 5.73 Å². The molecule has 0 aliphatic rings. The highest BCUT2D eigenvalue weighted by Crippen LogP contribution is 2.24. The average molecular weight is 233 g/mol. The third-order valence-electron chi connectivity index (χ3n) is 2.51. The van der Waals surface area contributed by atoms with Gasteiger partial charge >= 0.3 is 0 Å². The van der Waals surface area contributed by atoms with Crippen LogP contribution in [0.4, 0.5) is 0 Å². The van der Waals surface area contributed by atoms with Crippen LogP contribution in [0, 0.1) is 0 Å². The predicted octanol–water partition coefficient (Wildman–Crippen LogP) is 1.35. The molecule has 0 fully saturated rings. The summed E-state index contributed by atoms with van der Waals surface area (Å²) in [7, 11) is 3.23. The first-order valence-corrected chi connectivity index (χ1v) is 5.25. The lowest BCUT2D eigenvalue weighted by Crippen LogP contribution is -2.03. The Labute approximate surface area is 99.8 Å². The van der Waals surface area contributed by atoms with Crippen molar-refractivity contribution in [1.29, 1.82) is 0 Å². The summed E-state index contributed by atoms with van der Waals surface area (Å²) in [5.74, 6) is 1.43. The largest absolute Gasteiger partial charge is 0.497 e. The topological polar surface area (TPSA) is 62.3 Å². The minimum Gasteiger partial charge on any atom is -0.497 e. The first kappa shape index (κ1) is 11.5. The molecular formula is C12H15N3O2. The van der Waals surface area contributed by atoms with Gasteiger partial charge in [0.15, 0.2) is 0 Å². The van der Waals surface area contributed by atoms with Gasteiger partial charge in [0.2, 0.25) is 5.88 Å². The van der Waals surface area contributed by atoms with Crippen molar-refractivity contribution in [3.63, 3.8) is 0 Å². The second-order valence-corrected chi connectivity index (χ2v) is 3.50. The fraction of sp³-hybridized carbons (Fsp3) is 0.250. The number of nitrogens with two attached hydrogens (primary N) is 1. The minimum atomic E-state index is 0.396. The predicted molar refractivity (Wildman–Crippen MR) is 64.6 cm³/mol. The Morgan fingerprint density at radius 1 is 1.29 bits per heavy atom. The molecule has 0 aliphatic carbocycles. The first-order chi connectivity index (χ1) is 8.30. The van der Waals surface area contributed by atoms with Crippen molar-refractivity contribution < 1.29 is 9.47 Å². The lowest BCUT2D eigenvalue weighted by Gasteiger charge is -2.08. The van der Waals surface area contributed by atoms with E-state index in [-0.39, 0.29) is 0 Å². The molecule has 2 N–H and O–H groups in total. The molecule has 0 bridgehead atoms. The van der Waals surface area contributed by atoms with Crippen LogP contribution in [0.2, 0.25) is 0 Å². The summed E-state index contributed by atoms with van der Waals surface area (Å²) in [6.07, 6.45) is 1.71. The van der Waals surface area contributed by atoms with Crippen LogP contribution >= 0.6 is 0 Å². The van der Waals surface area contributed by atoms with E-state index in [0.717, 1.165) is 17.0 Å². The molecule has 0 saturated heterocycles. The fourth-order valence-corrected chi connectivity index (χ4v) is 1.65. The minimum absolute atomic E-state index is 0.396. The van der Waals surface area contributed by atoms with Crippen LogP contribution in [0.25, 0.3) is 5.69 Å². The molecular weight excluding hydrogens is 218 g/mol. The van der Waals surface area contributed by atoms with Crippen LogP contribution < -0.4 is 15.2 Å². The summed E-state index contributed by atoms with van der Waals surface area (Å²) >= 11 is 0. The quantitative estimate of drug-likeness (QED) is 0.865. The SMILES string of the molecule is COc1cccc(-n2ncc(CN)c2OC)c1. The van der Waals surface area contributed by atoms with Gasteiger partial charge in [0.05, 0.1) is 26.1 Å². The molecule has 1 aromatic heterocycles. The molecule has 1 aromatic carbocycles. The molecule has 5 nitrogen and oxygen atoms in total. The van der Waals surface area contributed by atoms with Gasteiger partial charge in [-0.05, 0) is 12.1 Å². The van der Waals surface area contributed by atoms with Gasteiger partial charge < -0.3 is 15.2 Å². The van der Waals surface area contributed by atoms with E-state index in [4.69, 9.17) is 15.2 Å². The monoisotopic (exact) mass is 233 g/mol. The van der Waals surface area contributed by atoms with E-state index in [1.165, 1.54) is 0 Å². The summed E-state index contributed by atoms with van der Waals surface area (Å²) in [6.45, 7) is 0.396. The number of hydrogen-bond acceptors (Lipinski definition) is 4. The van der Waals surface area contributed by atoms with E-state index < -0.39 is 0 Å². The Morgan fingerprint density at radius 3 is 2.76 bits per heavy atom. The zero-order valence-corrected chi connectivity index (χ0v) is 9.88. The maximum Gasteiger partial charge on any atom is 0.220 e. The number of methoxy groups -OCH3 is 2. The van der Waals surface area contributed by atoms with Crippen molar-refractivity contribution in [2.75, 3.05) is 14.2 Å². The average Bonchev–Trinajstić information content (AvgIpc) is 2.81. The number of benzene rings is 1. The molecule has 0 unspecified atom stereocenters. The maximum atomic E-state index is 5.62. The van der Waals surface area contributed by atoms with Crippen molar-refractivity contribution in [1.82, 2.24) is 9.78 Å². The summed E-state index contributed by atoms with van der Waals surface area (Å²) < 4.78 is 12.2. The molecule has 0 radical (unpaired) electrons. The van der Waals surface area contributed by atoms with E-state index >= 15 is 0 Å². The maximum absolute atomic E-state index is 5.62. The second kappa shape index (κ2) is 4.88. The normalized spacial score (nSPS) is 10.3. The van der Waals surface area contributed by atoms with Gasteiger partial charge in [0, 0.05) is 18.2 Å². The van der Waals surface area contributed by atoms with E-state index in [9.17, 15) is 0 Å². The van der Waals surface area contributed by atoms with Crippen molar-refractivity contribution in [2.45, 2.75) is 6.54 Å². The first-order valence-electron chi connectivity index (χ1n) is 5.25. The van der Waals surface area contributed by atoms with Gasteiger partial charge in [-0.1, -0.05) is 6.07 Å². The van der Waals surface area contributed by atoms with Crippen LogP contribution in [-0.4, -0.2) is 24.0 Å². The van der Waals surface area contributed by atoms with Gasteiger partial charge in [-0.15, -0.1) is 0 Å². The molecule has 0 saturated carbocycles. The smallest absolute Gasteiger partial charge is 0.220 e. The van der Waals surface area contributed by atoms with E-state index in [0.29, 0.717) is 12.4 Å². The molecule has 0 amide bonds. The Kier molecular flexibility index (Phi) is 3.30. The fourth-order valence-electron chi connectivity index (χ4n) is 1.65. The zero-order chi connectivity index (χ0) is 12.3. The molecule has 1 heterocycles. The van der Waals surface area contributed by atoms with Crippen LogP contribution in [0.1, 0.15) is 5.56 Å². The lowest BCUT2D eigenvalue weighted by atomic mass is 10.3. The van der Waals surface area contributed by atoms with E-state index in [2.05, 4.69) is 5.10 Å². The van der Waals surface area contributed by atoms with Crippen LogP contribution in [0.3, 0.4) is 0 Å². The van der Waals surface area contributed by atoms with Crippen LogP contribution in [-0.2, 0) is 6.54 Å². The van der Waals surface area contributed by atoms with Gasteiger partial charge in [-0.2, -0.15) is 5.10 Å². The number of rotatable bonds is 4. The van der Waals surface area contributed by atoms with E-state index in [1.807, 2.05) is 24.3 Å². The highest BCUT2D eigenvalue weighted by Gasteiger charge is 2.11. The Hall–Kier alpha value is -2.01. The molecule has 0 spiro atoms. The van der Waals surface area contributed by atoms with E-state index in [1.54, 1.807) is 25.1 Å². The molecule has 0 aliphatic heterocycles. The summed E-state index contributed by atoms with van der Waals surface area (Å²) in [4.78, 5) is 0. The van der Waals surface area contributed by atoms with Crippen LogP contribution in [0.5, 0.6) is 11.6 Å². The highest BCUT2D eigenvalue weighted by molar-refractivity contribution is 5.42. The molecule has 0 atom stereocenters. The standard InChI is InChI=1S/C12H15N3O2/c1-16-11-5-3-4-10(6-11)15-12(17-2)9(7-13)8-14-15/h3-6,8H,7,13H2,1-2H3. The zero-order valence-electron chi connectivity index (χ0n) is 9.88. The summed E-state index contributed by atoms with van der Waals surface area (Å²) in [5.41, 5.74) is 7.36. The summed E-state index contributed by atoms with van der Waals surface area (Å²) in [6, 6.07) is 7.59. The Balaban J connectivity index is 2.48. The van der Waals surface area contributed by atoms with Crippen molar-refractivity contribution in [3.05, 3.63) is 36.0 Å².